The molecule has 2 heterocycles. The molecule has 2 aromatic carbocycles. The lowest BCUT2D eigenvalue weighted by atomic mass is 9.90. The van der Waals surface area contributed by atoms with Gasteiger partial charge in [0.2, 0.25) is 11.7 Å². The predicted octanol–water partition coefficient (Wildman–Crippen LogP) is 6.99. The number of benzene rings is 2. The van der Waals surface area contributed by atoms with Crippen LogP contribution in [0.1, 0.15) is 66.4 Å². The summed E-state index contributed by atoms with van der Waals surface area (Å²) in [7, 11) is 0. The van der Waals surface area contributed by atoms with Crippen LogP contribution in [0.5, 0.6) is 0 Å². The van der Waals surface area contributed by atoms with Gasteiger partial charge in [-0.1, -0.05) is 28.9 Å². The standard InChI is InChI=1S/C28H25ClF3N5O2/c29-18-7-12-22-21(13-18)23(14-24(35-22)28(30,31)32)33-19-8-10-20(11-9-19)34-26(38)16-3-1-15(2-4-16)25-36-27(39-37-25)17-5-6-17/h1-4,7,12-14,17,19-20H,5-6,8-11H2,(H,33,35)(H,34,38)/t19-,20+. The van der Waals surface area contributed by atoms with Crippen molar-refractivity contribution >= 4 is 34.1 Å². The Morgan fingerprint density at radius 1 is 0.923 bits per heavy atom. The first kappa shape index (κ1) is 25.6. The second-order valence-electron chi connectivity index (χ2n) is 10.2. The highest BCUT2D eigenvalue weighted by atomic mass is 35.5. The van der Waals surface area contributed by atoms with Gasteiger partial charge in [0.05, 0.1) is 5.52 Å². The Balaban J connectivity index is 1.07. The molecule has 11 heteroatoms. The summed E-state index contributed by atoms with van der Waals surface area (Å²) in [6, 6.07) is 12.7. The number of halogens is 4. The molecule has 4 aromatic rings. The molecular formula is C28H25ClF3N5O2. The summed E-state index contributed by atoms with van der Waals surface area (Å²) >= 11 is 6.11. The van der Waals surface area contributed by atoms with Gasteiger partial charge in [0, 0.05) is 45.2 Å². The number of alkyl halides is 3. The molecule has 0 unspecified atom stereocenters. The van der Waals surface area contributed by atoms with Crippen molar-refractivity contribution in [2.45, 2.75) is 62.7 Å². The van der Waals surface area contributed by atoms with E-state index in [2.05, 4.69) is 25.8 Å². The number of nitrogens with one attached hydrogen (secondary N) is 2. The van der Waals surface area contributed by atoms with Crippen molar-refractivity contribution in [3.8, 4) is 11.4 Å². The first-order chi connectivity index (χ1) is 18.7. The van der Waals surface area contributed by atoms with Crippen LogP contribution in [0.4, 0.5) is 18.9 Å². The van der Waals surface area contributed by atoms with Crippen LogP contribution in [0.2, 0.25) is 5.02 Å². The van der Waals surface area contributed by atoms with Crippen molar-refractivity contribution in [2.24, 2.45) is 0 Å². The van der Waals surface area contributed by atoms with Gasteiger partial charge in [-0.05, 0) is 74.9 Å². The number of pyridine rings is 1. The molecule has 2 aliphatic carbocycles. The maximum Gasteiger partial charge on any atom is 0.433 e. The molecular weight excluding hydrogens is 531 g/mol. The average molecular weight is 556 g/mol. The zero-order valence-electron chi connectivity index (χ0n) is 20.8. The van der Waals surface area contributed by atoms with Gasteiger partial charge >= 0.3 is 6.18 Å². The van der Waals surface area contributed by atoms with Crippen molar-refractivity contribution in [1.29, 1.82) is 0 Å². The molecule has 2 aliphatic rings. The quantitative estimate of drug-likeness (QED) is 0.266. The zero-order valence-corrected chi connectivity index (χ0v) is 21.5. The van der Waals surface area contributed by atoms with Crippen molar-refractivity contribution in [1.82, 2.24) is 20.4 Å². The van der Waals surface area contributed by atoms with E-state index in [1.54, 1.807) is 30.3 Å². The summed E-state index contributed by atoms with van der Waals surface area (Å²) in [6.07, 6.45) is 0.373. The molecule has 0 atom stereocenters. The Hall–Kier alpha value is -3.66. The molecule has 1 amide bonds. The highest BCUT2D eigenvalue weighted by Crippen LogP contribution is 2.39. The minimum absolute atomic E-state index is 0.0251. The van der Waals surface area contributed by atoms with Crippen molar-refractivity contribution < 1.29 is 22.5 Å². The van der Waals surface area contributed by atoms with Gasteiger partial charge in [0.1, 0.15) is 5.69 Å². The van der Waals surface area contributed by atoms with E-state index in [0.717, 1.165) is 24.5 Å². The molecule has 0 bridgehead atoms. The molecule has 7 nitrogen and oxygen atoms in total. The van der Waals surface area contributed by atoms with E-state index in [9.17, 15) is 18.0 Å². The number of anilines is 1. The van der Waals surface area contributed by atoms with Gasteiger partial charge < -0.3 is 15.2 Å². The van der Waals surface area contributed by atoms with Crippen LogP contribution in [-0.4, -0.2) is 33.1 Å². The van der Waals surface area contributed by atoms with E-state index < -0.39 is 11.9 Å². The van der Waals surface area contributed by atoms with Crippen LogP contribution in [0.3, 0.4) is 0 Å². The monoisotopic (exact) mass is 555 g/mol. The highest BCUT2D eigenvalue weighted by Gasteiger charge is 2.34. The number of nitrogens with zero attached hydrogens (tertiary/aromatic N) is 3. The van der Waals surface area contributed by atoms with Crippen molar-refractivity contribution in [2.75, 3.05) is 5.32 Å². The first-order valence-electron chi connectivity index (χ1n) is 12.9. The maximum absolute atomic E-state index is 13.4. The van der Waals surface area contributed by atoms with Crippen LogP contribution >= 0.6 is 11.6 Å². The Morgan fingerprint density at radius 3 is 2.33 bits per heavy atom. The summed E-state index contributed by atoms with van der Waals surface area (Å²) in [5.74, 6) is 1.38. The maximum atomic E-state index is 13.4. The van der Waals surface area contributed by atoms with E-state index in [1.165, 1.54) is 12.1 Å². The Morgan fingerprint density at radius 2 is 1.64 bits per heavy atom. The fourth-order valence-corrected chi connectivity index (χ4v) is 5.12. The predicted molar refractivity (Wildman–Crippen MR) is 141 cm³/mol. The van der Waals surface area contributed by atoms with E-state index in [-0.39, 0.29) is 23.5 Å². The lowest BCUT2D eigenvalue weighted by Crippen LogP contribution is -2.40. The van der Waals surface area contributed by atoms with E-state index in [1.807, 2.05) is 0 Å². The lowest BCUT2D eigenvalue weighted by molar-refractivity contribution is -0.140. The van der Waals surface area contributed by atoms with Gasteiger partial charge in [-0.2, -0.15) is 18.2 Å². The third-order valence-electron chi connectivity index (χ3n) is 7.26. The van der Waals surface area contributed by atoms with Crippen LogP contribution in [0.25, 0.3) is 22.3 Å². The minimum atomic E-state index is -4.56. The Labute approximate surface area is 227 Å². The number of amides is 1. The van der Waals surface area contributed by atoms with Crippen LogP contribution < -0.4 is 10.6 Å². The number of aromatic nitrogens is 3. The van der Waals surface area contributed by atoms with Crippen LogP contribution in [-0.2, 0) is 6.18 Å². The Bertz CT molecular complexity index is 1510. The Kier molecular flexibility index (Phi) is 6.66. The fourth-order valence-electron chi connectivity index (χ4n) is 4.95. The molecule has 2 saturated carbocycles. The molecule has 2 N–H and O–H groups in total. The summed E-state index contributed by atoms with van der Waals surface area (Å²) in [5.41, 5.74) is 0.950. The molecule has 0 spiro atoms. The van der Waals surface area contributed by atoms with Crippen LogP contribution in [0.15, 0.2) is 53.1 Å². The van der Waals surface area contributed by atoms with Gasteiger partial charge in [-0.25, -0.2) is 4.98 Å². The van der Waals surface area contributed by atoms with Gasteiger partial charge in [-0.3, -0.25) is 4.79 Å². The average Bonchev–Trinajstić information content (AvgIpc) is 3.65. The highest BCUT2D eigenvalue weighted by molar-refractivity contribution is 6.31. The smallest absolute Gasteiger partial charge is 0.382 e. The summed E-state index contributed by atoms with van der Waals surface area (Å²) in [6.45, 7) is 0. The molecule has 0 saturated heterocycles. The number of carbonyl (C=O) groups is 1. The van der Waals surface area contributed by atoms with Crippen LogP contribution in [0, 0.1) is 0 Å². The molecule has 0 radical (unpaired) electrons. The lowest BCUT2D eigenvalue weighted by Gasteiger charge is -2.30. The second-order valence-corrected chi connectivity index (χ2v) is 10.6. The van der Waals surface area contributed by atoms with Gasteiger partial charge in [-0.15, -0.1) is 0 Å². The largest absolute Gasteiger partial charge is 0.433 e. The molecule has 202 valence electrons. The molecule has 0 aliphatic heterocycles. The summed E-state index contributed by atoms with van der Waals surface area (Å²) in [4.78, 5) is 21.0. The third-order valence-corrected chi connectivity index (χ3v) is 7.49. The fraction of sp³-hybridized carbons (Fsp3) is 0.357. The number of hydrogen-bond acceptors (Lipinski definition) is 6. The number of carbonyl (C=O) groups excluding carboxylic acids is 1. The van der Waals surface area contributed by atoms with E-state index in [0.29, 0.717) is 65.0 Å². The van der Waals surface area contributed by atoms with Crippen molar-refractivity contribution in [3.05, 3.63) is 70.7 Å². The number of fused-ring (bicyclic) bond motifs is 1. The number of rotatable bonds is 6. The van der Waals surface area contributed by atoms with Gasteiger partial charge in [0.15, 0.2) is 0 Å². The second kappa shape index (κ2) is 10.1. The summed E-state index contributed by atoms with van der Waals surface area (Å²) in [5, 5.41) is 11.3. The normalized spacial score (nSPS) is 19.7. The molecule has 2 aromatic heterocycles. The van der Waals surface area contributed by atoms with Gasteiger partial charge in [0.25, 0.3) is 5.91 Å². The van der Waals surface area contributed by atoms with E-state index >= 15 is 0 Å². The zero-order chi connectivity index (χ0) is 27.1. The molecule has 2 fully saturated rings. The number of hydrogen-bond donors (Lipinski definition) is 2. The molecule has 6 rings (SSSR count). The SMILES string of the molecule is O=C(N[C@H]1CC[C@@H](Nc2cc(C(F)(F)F)nc3ccc(Cl)cc23)CC1)c1ccc(-c2noc(C3CC3)n2)cc1. The first-order valence-corrected chi connectivity index (χ1v) is 13.3. The van der Waals surface area contributed by atoms with Crippen molar-refractivity contribution in [3.63, 3.8) is 0 Å². The molecule has 39 heavy (non-hydrogen) atoms. The summed E-state index contributed by atoms with van der Waals surface area (Å²) < 4.78 is 45.6. The van der Waals surface area contributed by atoms with E-state index in [4.69, 9.17) is 16.1 Å². The minimum Gasteiger partial charge on any atom is -0.382 e. The third kappa shape index (κ3) is 5.71. The topological polar surface area (TPSA) is 92.9 Å².